The Morgan fingerprint density at radius 2 is 0.642 bits per heavy atom. The highest BCUT2D eigenvalue weighted by Crippen LogP contribution is 2.14. The number of hydrogen-bond donors (Lipinski definition) is 25. The Bertz CT molecular complexity index is 3230. The van der Waals surface area contributed by atoms with Crippen molar-refractivity contribution in [2.45, 2.75) is 231 Å². The largest absolute Gasteiger partial charge is 0.481 e. The first kappa shape index (κ1) is 98.2. The van der Waals surface area contributed by atoms with Gasteiger partial charge in [0.1, 0.15) is 72.5 Å². The van der Waals surface area contributed by atoms with Crippen molar-refractivity contribution in [1.82, 2.24) is 74.4 Å². The molecule has 0 rings (SSSR count). The van der Waals surface area contributed by atoms with E-state index in [4.69, 9.17) is 22.9 Å². The Morgan fingerprint density at radius 3 is 1.02 bits per heavy atom. The fourth-order valence-corrected chi connectivity index (χ4v) is 9.81. The van der Waals surface area contributed by atoms with Gasteiger partial charge in [-0.25, -0.2) is 4.79 Å². The van der Waals surface area contributed by atoms with Crippen molar-refractivity contribution in [2.24, 2.45) is 46.6 Å². The molecule has 17 amide bonds. The Labute approximate surface area is 626 Å². The average Bonchev–Trinajstić information content (AvgIpc) is 0.856. The molecule has 45 nitrogen and oxygen atoms in total. The number of nitrogens with two attached hydrogens (primary N) is 4. The maximum Gasteiger partial charge on any atom is 0.326 e. The molecular weight excluding hydrogens is 1450 g/mol. The van der Waals surface area contributed by atoms with Crippen molar-refractivity contribution in [2.75, 3.05) is 26.3 Å². The SMILES string of the molecule is CC[C@H](C)[C@H](NC(=O)[C@H](CC(C)C)NC(=O)[C@H](CCC(N)=O)NC(=O)[C@@H](NC(=O)[C@H](CO)NC(=O)[C@H](CO)NC(=O)[C@@H](NC(=O)CNC(=O)[C@@H](NC(=O)[C@@H](NC(=O)[C@H](CCC(=O)O)NC(=O)[C@H](CCC(=O)O)NC(=O)[C@H](CCC(N)=O)NC(=O)CNC(=O)[C@@H](N)CC(N)=O)[C@@H](C)O)C(C)C)C(C)C)[C@@H](C)O)C(=O)O. The molecule has 0 aliphatic heterocycles. The van der Waals surface area contributed by atoms with Crippen molar-refractivity contribution in [3.8, 4) is 0 Å². The summed E-state index contributed by atoms with van der Waals surface area (Å²) in [6.45, 7) is 10.2. The minimum atomic E-state index is -2.03. The van der Waals surface area contributed by atoms with E-state index in [2.05, 4.69) is 74.4 Å². The number of amides is 17. The number of carbonyl (C=O) groups is 20. The second-order valence-corrected chi connectivity index (χ2v) is 26.8. The van der Waals surface area contributed by atoms with Gasteiger partial charge in [0, 0.05) is 25.7 Å². The number of hydrogen-bond acceptors (Lipinski definition) is 25. The molecule has 616 valence electrons. The fourth-order valence-electron chi connectivity index (χ4n) is 9.81. The minimum Gasteiger partial charge on any atom is -0.481 e. The lowest BCUT2D eigenvalue weighted by Gasteiger charge is -2.29. The zero-order chi connectivity index (χ0) is 84.0. The summed E-state index contributed by atoms with van der Waals surface area (Å²) in [7, 11) is 0. The maximum atomic E-state index is 13.9. The van der Waals surface area contributed by atoms with Crippen LogP contribution in [0, 0.1) is 23.7 Å². The van der Waals surface area contributed by atoms with Crippen LogP contribution in [0.1, 0.15) is 140 Å². The molecule has 0 spiro atoms. The van der Waals surface area contributed by atoms with E-state index in [1.807, 2.05) is 0 Å². The number of aliphatic carboxylic acids is 3. The molecular formula is C64H108N18O27. The molecule has 0 heterocycles. The Morgan fingerprint density at radius 1 is 0.339 bits per heavy atom. The van der Waals surface area contributed by atoms with Gasteiger partial charge in [0.05, 0.1) is 51.0 Å². The number of carboxylic acid groups (broad SMARTS) is 3. The van der Waals surface area contributed by atoms with Gasteiger partial charge in [-0.05, 0) is 69.6 Å². The number of carboxylic acids is 3. The highest BCUT2D eigenvalue weighted by molar-refractivity contribution is 6.01. The van der Waals surface area contributed by atoms with Gasteiger partial charge in [-0.1, -0.05) is 61.8 Å². The van der Waals surface area contributed by atoms with Crippen LogP contribution in [0.25, 0.3) is 0 Å². The van der Waals surface area contributed by atoms with E-state index in [9.17, 15) is 132 Å². The van der Waals surface area contributed by atoms with E-state index < -0.39 is 311 Å². The minimum absolute atomic E-state index is 0.0339. The first-order valence-corrected chi connectivity index (χ1v) is 34.7. The van der Waals surface area contributed by atoms with Crippen molar-refractivity contribution < 1.29 is 132 Å². The smallest absolute Gasteiger partial charge is 0.326 e. The van der Waals surface area contributed by atoms with Crippen LogP contribution in [-0.4, -0.2) is 271 Å². The number of aliphatic hydroxyl groups excluding tert-OH is 4. The third kappa shape index (κ3) is 37.5. The first-order chi connectivity index (χ1) is 50.6. The van der Waals surface area contributed by atoms with Crippen molar-refractivity contribution >= 4 is 118 Å². The van der Waals surface area contributed by atoms with Gasteiger partial charge in [-0.15, -0.1) is 0 Å². The second-order valence-electron chi connectivity index (χ2n) is 26.8. The molecule has 45 heteroatoms. The molecule has 0 aromatic carbocycles. The molecule has 0 saturated heterocycles. The molecule has 0 aliphatic rings. The maximum absolute atomic E-state index is 13.9. The van der Waals surface area contributed by atoms with Gasteiger partial charge >= 0.3 is 17.9 Å². The first-order valence-electron chi connectivity index (χ1n) is 34.7. The summed E-state index contributed by atoms with van der Waals surface area (Å²) in [5.41, 5.74) is 21.1. The number of carbonyl (C=O) groups excluding carboxylic acids is 17. The zero-order valence-electron chi connectivity index (χ0n) is 62.2. The van der Waals surface area contributed by atoms with E-state index in [0.717, 1.165) is 13.8 Å². The van der Waals surface area contributed by atoms with Crippen molar-refractivity contribution in [1.29, 1.82) is 0 Å². The van der Waals surface area contributed by atoms with Crippen LogP contribution in [0.3, 0.4) is 0 Å². The predicted octanol–water partition coefficient (Wildman–Crippen LogP) is -11.3. The number of primary amides is 3. The highest BCUT2D eigenvalue weighted by atomic mass is 16.4. The monoisotopic (exact) mass is 1560 g/mol. The third-order valence-electron chi connectivity index (χ3n) is 16.2. The van der Waals surface area contributed by atoms with E-state index in [1.165, 1.54) is 27.7 Å². The predicted molar refractivity (Wildman–Crippen MR) is 375 cm³/mol. The van der Waals surface area contributed by atoms with Crippen LogP contribution in [0.5, 0.6) is 0 Å². The molecule has 0 aliphatic carbocycles. The van der Waals surface area contributed by atoms with Gasteiger partial charge in [-0.3, -0.25) is 91.1 Å². The van der Waals surface area contributed by atoms with E-state index in [0.29, 0.717) is 6.42 Å². The molecule has 0 aromatic rings. The summed E-state index contributed by atoms with van der Waals surface area (Å²) in [6, 6.07) is -22.7. The van der Waals surface area contributed by atoms with Crippen LogP contribution in [0.4, 0.5) is 0 Å². The Hall–Kier alpha value is -10.8. The summed E-state index contributed by atoms with van der Waals surface area (Å²) in [5.74, 6) is -26.3. The summed E-state index contributed by atoms with van der Waals surface area (Å²) in [6.07, 6.45) is -9.28. The van der Waals surface area contributed by atoms with Gasteiger partial charge in [-0.2, -0.15) is 0 Å². The van der Waals surface area contributed by atoms with Crippen LogP contribution in [0.2, 0.25) is 0 Å². The topological polar surface area (TPSA) is 756 Å². The number of rotatable bonds is 53. The summed E-state index contributed by atoms with van der Waals surface area (Å²) >= 11 is 0. The van der Waals surface area contributed by atoms with Crippen LogP contribution in [-0.2, 0) is 95.9 Å². The van der Waals surface area contributed by atoms with Crippen LogP contribution in [0.15, 0.2) is 0 Å². The number of aliphatic hydroxyl groups is 4. The van der Waals surface area contributed by atoms with E-state index in [-0.39, 0.29) is 12.3 Å². The third-order valence-corrected chi connectivity index (χ3v) is 16.2. The van der Waals surface area contributed by atoms with Gasteiger partial charge in [0.25, 0.3) is 0 Å². The second kappa shape index (κ2) is 49.2. The molecule has 0 unspecified atom stereocenters. The molecule has 0 radical (unpaired) electrons. The molecule has 0 fully saturated rings. The molecule has 0 saturated carbocycles. The lowest BCUT2D eigenvalue weighted by molar-refractivity contribution is -0.144. The van der Waals surface area contributed by atoms with Gasteiger partial charge in [0.15, 0.2) is 0 Å². The standard InChI is InChI=1S/C64H108N18O27/c1-11-29(8)49(64(108)109)80-57(101)37(20-26(2)3)75-55(99)34(13-17-41(67)88)74-62(106)50(30(9)85)82-59(103)39(25-84)76-58(102)38(24-83)77-61(105)48(28(6)7)78-44(91)23-70-60(104)47(27(4)5)79-63(107)51(31(10)86)81-56(100)36(15-19-46(94)95)73-54(98)35(14-18-45(92)93)72-53(97)33(12-16-40(66)87)71-43(90)22-69-52(96)32(65)21-42(68)89/h26-39,47-51,83-86H,11-25,65H2,1-10H3,(H2,66,87)(H2,67,88)(H2,68,89)(H,69,96)(H,70,104)(H,71,90)(H,72,97)(H,73,98)(H,74,106)(H,75,99)(H,76,102)(H,77,105)(H,78,91)(H,79,107)(H,80,101)(H,81,100)(H,82,103)(H,92,93)(H,94,95)(H,108,109)/t29-,30+,31+,32-,33-,34-,35-,36-,37-,38-,39-,47-,48-,49-,50-,51-/m0/s1. The molecule has 16 atom stereocenters. The lowest BCUT2D eigenvalue weighted by Crippen LogP contribution is -2.63. The molecule has 0 bridgehead atoms. The number of nitrogens with one attached hydrogen (secondary N) is 14. The Kier molecular flexibility index (Phi) is 44.3. The highest BCUT2D eigenvalue weighted by Gasteiger charge is 2.40. The Balaban J connectivity index is 6.45. The summed E-state index contributed by atoms with van der Waals surface area (Å²) in [4.78, 5) is 259. The van der Waals surface area contributed by atoms with Crippen LogP contribution < -0.4 is 97.4 Å². The van der Waals surface area contributed by atoms with Crippen molar-refractivity contribution in [3.05, 3.63) is 0 Å². The molecule has 29 N–H and O–H groups in total. The van der Waals surface area contributed by atoms with Gasteiger partial charge in [0.2, 0.25) is 100 Å². The van der Waals surface area contributed by atoms with E-state index in [1.54, 1.807) is 27.7 Å². The molecule has 109 heavy (non-hydrogen) atoms. The summed E-state index contributed by atoms with van der Waals surface area (Å²) < 4.78 is 0. The zero-order valence-corrected chi connectivity index (χ0v) is 62.2. The van der Waals surface area contributed by atoms with Gasteiger partial charge < -0.3 is 133 Å². The van der Waals surface area contributed by atoms with E-state index >= 15 is 0 Å². The molecule has 0 aromatic heterocycles. The fraction of sp³-hybridized carbons (Fsp3) is 0.688. The average molecular weight is 1560 g/mol. The quantitative estimate of drug-likeness (QED) is 0.0269. The summed E-state index contributed by atoms with van der Waals surface area (Å²) in [5, 5.41) is 102. The lowest BCUT2D eigenvalue weighted by atomic mass is 9.97. The normalized spacial score (nSPS) is 15.5. The van der Waals surface area contributed by atoms with Crippen LogP contribution >= 0.6 is 0 Å². The van der Waals surface area contributed by atoms with Crippen molar-refractivity contribution in [3.63, 3.8) is 0 Å².